The highest BCUT2D eigenvalue weighted by Crippen LogP contribution is 2.31. The zero-order valence-electron chi connectivity index (χ0n) is 9.66. The van der Waals surface area contributed by atoms with Gasteiger partial charge in [0.05, 0.1) is 12.8 Å². The third kappa shape index (κ3) is 2.29. The fourth-order valence-electron chi connectivity index (χ4n) is 1.57. The van der Waals surface area contributed by atoms with Crippen LogP contribution in [0.5, 0.6) is 5.75 Å². The average Bonchev–Trinajstić information content (AvgIpc) is 2.77. The Hall–Kier alpha value is -1.88. The van der Waals surface area contributed by atoms with Crippen molar-refractivity contribution < 1.29 is 13.5 Å². The third-order valence-electron chi connectivity index (χ3n) is 2.32. The van der Waals surface area contributed by atoms with Crippen molar-refractivity contribution in [2.24, 2.45) is 0 Å². The van der Waals surface area contributed by atoms with Gasteiger partial charge in [-0.15, -0.1) is 0 Å². The molecule has 1 aromatic carbocycles. The summed E-state index contributed by atoms with van der Waals surface area (Å²) in [4.78, 5) is 4.19. The number of hydrogen-bond acceptors (Lipinski definition) is 4. The summed E-state index contributed by atoms with van der Waals surface area (Å²) in [5.74, 6) is 0.218. The van der Waals surface area contributed by atoms with Crippen LogP contribution in [0.15, 0.2) is 28.9 Å². The first-order valence-electron chi connectivity index (χ1n) is 5.18. The highest BCUT2D eigenvalue weighted by atomic mass is 19.1. The normalized spacial score (nSPS) is 10.5. The van der Waals surface area contributed by atoms with Gasteiger partial charge in [-0.25, -0.2) is 9.37 Å². The predicted octanol–water partition coefficient (Wildman–Crippen LogP) is 2.21. The number of oxazole rings is 1. The van der Waals surface area contributed by atoms with Crippen LogP contribution in [-0.2, 0) is 6.54 Å². The van der Waals surface area contributed by atoms with Crippen LogP contribution in [0.1, 0.15) is 5.69 Å². The van der Waals surface area contributed by atoms with Crippen LogP contribution in [0.3, 0.4) is 0 Å². The van der Waals surface area contributed by atoms with Crippen LogP contribution in [0, 0.1) is 5.82 Å². The zero-order chi connectivity index (χ0) is 12.3. The van der Waals surface area contributed by atoms with E-state index in [-0.39, 0.29) is 11.5 Å². The van der Waals surface area contributed by atoms with E-state index in [0.717, 1.165) is 0 Å². The molecule has 0 spiro atoms. The van der Waals surface area contributed by atoms with Crippen molar-refractivity contribution in [2.45, 2.75) is 6.54 Å². The van der Waals surface area contributed by atoms with Crippen LogP contribution in [0.4, 0.5) is 4.39 Å². The number of nitrogens with zero attached hydrogens (tertiary/aromatic N) is 1. The van der Waals surface area contributed by atoms with E-state index >= 15 is 0 Å². The van der Waals surface area contributed by atoms with Gasteiger partial charge in [0.2, 0.25) is 5.89 Å². The first-order chi connectivity index (χ1) is 8.26. The summed E-state index contributed by atoms with van der Waals surface area (Å²) >= 11 is 0. The summed E-state index contributed by atoms with van der Waals surface area (Å²) in [6.07, 6.45) is 1.50. The monoisotopic (exact) mass is 236 g/mol. The quantitative estimate of drug-likeness (QED) is 0.884. The number of nitrogens with one attached hydrogen (secondary N) is 1. The largest absolute Gasteiger partial charge is 0.496 e. The molecule has 17 heavy (non-hydrogen) atoms. The standard InChI is InChI=1S/C12H13FN2O2/c1-14-6-8-7-17-12(15-8)11-9(13)4-3-5-10(11)16-2/h3-5,7,14H,6H2,1-2H3. The van der Waals surface area contributed by atoms with Gasteiger partial charge < -0.3 is 14.5 Å². The molecule has 0 fully saturated rings. The van der Waals surface area contributed by atoms with Gasteiger partial charge in [-0.2, -0.15) is 0 Å². The van der Waals surface area contributed by atoms with Gasteiger partial charge in [-0.3, -0.25) is 0 Å². The molecule has 0 saturated carbocycles. The second-order valence-corrected chi connectivity index (χ2v) is 3.49. The van der Waals surface area contributed by atoms with Crippen LogP contribution in [0.2, 0.25) is 0 Å². The lowest BCUT2D eigenvalue weighted by molar-refractivity contribution is 0.410. The fourth-order valence-corrected chi connectivity index (χ4v) is 1.57. The topological polar surface area (TPSA) is 47.3 Å². The lowest BCUT2D eigenvalue weighted by Gasteiger charge is -2.05. The number of aromatic nitrogens is 1. The summed E-state index contributed by atoms with van der Waals surface area (Å²) in [5, 5.41) is 2.94. The van der Waals surface area contributed by atoms with E-state index in [1.165, 1.54) is 19.4 Å². The molecule has 90 valence electrons. The number of benzene rings is 1. The van der Waals surface area contributed by atoms with Gasteiger partial charge in [-0.1, -0.05) is 6.07 Å². The van der Waals surface area contributed by atoms with Crippen molar-refractivity contribution in [1.82, 2.24) is 10.3 Å². The minimum Gasteiger partial charge on any atom is -0.496 e. The maximum atomic E-state index is 13.7. The number of methoxy groups -OCH3 is 1. The Morgan fingerprint density at radius 1 is 1.47 bits per heavy atom. The molecular weight excluding hydrogens is 223 g/mol. The van der Waals surface area contributed by atoms with E-state index < -0.39 is 5.82 Å². The molecule has 0 aliphatic carbocycles. The Balaban J connectivity index is 2.44. The molecule has 0 bridgehead atoms. The Labute approximate surface area is 98.4 Å². The van der Waals surface area contributed by atoms with E-state index in [1.54, 1.807) is 19.2 Å². The molecule has 0 amide bonds. The number of halogens is 1. The number of hydrogen-bond donors (Lipinski definition) is 1. The molecule has 0 aliphatic rings. The smallest absolute Gasteiger partial charge is 0.232 e. The van der Waals surface area contributed by atoms with Crippen molar-refractivity contribution in [3.05, 3.63) is 36.0 Å². The highest BCUT2D eigenvalue weighted by Gasteiger charge is 2.16. The second-order valence-electron chi connectivity index (χ2n) is 3.49. The van der Waals surface area contributed by atoms with Crippen molar-refractivity contribution in [3.8, 4) is 17.2 Å². The summed E-state index contributed by atoms with van der Waals surface area (Å²) < 4.78 is 24.1. The summed E-state index contributed by atoms with van der Waals surface area (Å²) in [7, 11) is 3.29. The van der Waals surface area contributed by atoms with Crippen LogP contribution in [-0.4, -0.2) is 19.1 Å². The molecule has 1 aromatic heterocycles. The lowest BCUT2D eigenvalue weighted by atomic mass is 10.2. The van der Waals surface area contributed by atoms with Gasteiger partial charge in [0.1, 0.15) is 23.4 Å². The van der Waals surface area contributed by atoms with Crippen molar-refractivity contribution in [1.29, 1.82) is 0 Å². The SMILES string of the molecule is CNCc1coc(-c2c(F)cccc2OC)n1. The van der Waals surface area contributed by atoms with Gasteiger partial charge >= 0.3 is 0 Å². The average molecular weight is 236 g/mol. The van der Waals surface area contributed by atoms with Gasteiger partial charge in [-0.05, 0) is 19.2 Å². The second kappa shape index (κ2) is 4.97. The Bertz CT molecular complexity index is 511. The molecule has 0 unspecified atom stereocenters. The predicted molar refractivity (Wildman–Crippen MR) is 61.2 cm³/mol. The first-order valence-corrected chi connectivity index (χ1v) is 5.18. The first kappa shape index (κ1) is 11.6. The number of rotatable bonds is 4. The zero-order valence-corrected chi connectivity index (χ0v) is 9.66. The van der Waals surface area contributed by atoms with E-state index in [0.29, 0.717) is 18.0 Å². The summed E-state index contributed by atoms with van der Waals surface area (Å²) in [5.41, 5.74) is 0.963. The molecule has 2 aromatic rings. The molecule has 0 atom stereocenters. The molecule has 5 heteroatoms. The van der Waals surface area contributed by atoms with Crippen LogP contribution < -0.4 is 10.1 Å². The molecule has 1 heterocycles. The van der Waals surface area contributed by atoms with Gasteiger partial charge in [0, 0.05) is 6.54 Å². The Kier molecular flexibility index (Phi) is 3.39. The molecule has 0 saturated heterocycles. The van der Waals surface area contributed by atoms with Crippen LogP contribution in [0.25, 0.3) is 11.5 Å². The molecular formula is C12H13FN2O2. The maximum absolute atomic E-state index is 13.7. The van der Waals surface area contributed by atoms with Gasteiger partial charge in [0.25, 0.3) is 0 Å². The Morgan fingerprint density at radius 3 is 3.00 bits per heavy atom. The van der Waals surface area contributed by atoms with Gasteiger partial charge in [0.15, 0.2) is 0 Å². The van der Waals surface area contributed by atoms with Crippen molar-refractivity contribution in [2.75, 3.05) is 14.2 Å². The fraction of sp³-hybridized carbons (Fsp3) is 0.250. The van der Waals surface area contributed by atoms with Crippen LogP contribution >= 0.6 is 0 Å². The molecule has 2 rings (SSSR count). The summed E-state index contributed by atoms with van der Waals surface area (Å²) in [6.45, 7) is 0.570. The maximum Gasteiger partial charge on any atom is 0.232 e. The minimum absolute atomic E-state index is 0.227. The summed E-state index contributed by atoms with van der Waals surface area (Å²) in [6, 6.07) is 4.59. The van der Waals surface area contributed by atoms with E-state index in [1.807, 2.05) is 0 Å². The highest BCUT2D eigenvalue weighted by molar-refractivity contribution is 5.63. The van der Waals surface area contributed by atoms with E-state index in [2.05, 4.69) is 10.3 Å². The van der Waals surface area contributed by atoms with Crippen molar-refractivity contribution >= 4 is 0 Å². The molecule has 4 nitrogen and oxygen atoms in total. The number of ether oxygens (including phenoxy) is 1. The van der Waals surface area contributed by atoms with Crippen molar-refractivity contribution in [3.63, 3.8) is 0 Å². The molecule has 0 radical (unpaired) electrons. The van der Waals surface area contributed by atoms with E-state index in [9.17, 15) is 4.39 Å². The lowest BCUT2D eigenvalue weighted by Crippen LogP contribution is -2.05. The molecule has 0 aliphatic heterocycles. The van der Waals surface area contributed by atoms with E-state index in [4.69, 9.17) is 9.15 Å². The third-order valence-corrected chi connectivity index (χ3v) is 2.32. The molecule has 1 N–H and O–H groups in total. The minimum atomic E-state index is -0.415. The Morgan fingerprint density at radius 2 is 2.29 bits per heavy atom.